The standard InChI is InChI=1S/C16H18FNO4S2/c1-22-15-8-5-12(17)9-16(15)24(20,21)18-10-14(19)11-3-6-13(23-2)7-4-11/h3-9,14,18-19H,10H2,1-2H3/t14-/m0/s1. The van der Waals surface area contributed by atoms with Gasteiger partial charge < -0.3 is 9.84 Å². The SMILES string of the molecule is COc1ccc(F)cc1S(=O)(=O)NC[C@H](O)c1ccc(SC)cc1. The third-order valence-electron chi connectivity index (χ3n) is 3.38. The Hall–Kier alpha value is -1.61. The predicted octanol–water partition coefficient (Wildman–Crippen LogP) is 2.57. The molecular weight excluding hydrogens is 353 g/mol. The van der Waals surface area contributed by atoms with E-state index in [0.29, 0.717) is 5.56 Å². The van der Waals surface area contributed by atoms with Crippen LogP contribution in [0.4, 0.5) is 4.39 Å². The normalized spacial score (nSPS) is 12.8. The quantitative estimate of drug-likeness (QED) is 0.732. The van der Waals surface area contributed by atoms with Crippen LogP contribution in [0, 0.1) is 5.82 Å². The van der Waals surface area contributed by atoms with Crippen molar-refractivity contribution in [2.45, 2.75) is 15.9 Å². The lowest BCUT2D eigenvalue weighted by Gasteiger charge is -2.14. The molecule has 0 heterocycles. The fourth-order valence-electron chi connectivity index (χ4n) is 2.07. The summed E-state index contributed by atoms with van der Waals surface area (Å²) in [6.07, 6.45) is 0.918. The number of hydrogen-bond donors (Lipinski definition) is 2. The summed E-state index contributed by atoms with van der Waals surface area (Å²) < 4.78 is 45.2. The van der Waals surface area contributed by atoms with Gasteiger partial charge in [-0.05, 0) is 42.2 Å². The Balaban J connectivity index is 2.13. The van der Waals surface area contributed by atoms with E-state index in [1.54, 1.807) is 23.9 Å². The molecule has 2 rings (SSSR count). The Morgan fingerprint density at radius 1 is 1.25 bits per heavy atom. The Kier molecular flexibility index (Phi) is 6.22. The number of hydrogen-bond acceptors (Lipinski definition) is 5. The topological polar surface area (TPSA) is 75.6 Å². The van der Waals surface area contributed by atoms with Crippen molar-refractivity contribution >= 4 is 21.8 Å². The Morgan fingerprint density at radius 3 is 2.50 bits per heavy atom. The lowest BCUT2D eigenvalue weighted by Crippen LogP contribution is -2.29. The molecule has 0 amide bonds. The molecule has 0 saturated carbocycles. The number of nitrogens with one attached hydrogen (secondary N) is 1. The van der Waals surface area contributed by atoms with Gasteiger partial charge in [0, 0.05) is 11.4 Å². The molecule has 0 bridgehead atoms. The summed E-state index contributed by atoms with van der Waals surface area (Å²) in [5.41, 5.74) is 0.585. The average molecular weight is 371 g/mol. The van der Waals surface area contributed by atoms with Gasteiger partial charge in [-0.15, -0.1) is 11.8 Å². The number of rotatable bonds is 7. The van der Waals surface area contributed by atoms with Crippen molar-refractivity contribution < 1.29 is 22.7 Å². The van der Waals surface area contributed by atoms with Crippen LogP contribution in [0.5, 0.6) is 5.75 Å². The van der Waals surface area contributed by atoms with Gasteiger partial charge in [-0.3, -0.25) is 0 Å². The van der Waals surface area contributed by atoms with E-state index in [9.17, 15) is 17.9 Å². The molecule has 0 aliphatic carbocycles. The van der Waals surface area contributed by atoms with E-state index < -0.39 is 21.9 Å². The van der Waals surface area contributed by atoms with Crippen molar-refractivity contribution in [3.63, 3.8) is 0 Å². The molecule has 0 spiro atoms. The molecule has 0 aromatic heterocycles. The summed E-state index contributed by atoms with van der Waals surface area (Å²) in [6, 6.07) is 10.4. The van der Waals surface area contributed by atoms with E-state index >= 15 is 0 Å². The molecule has 1 atom stereocenters. The molecule has 2 N–H and O–H groups in total. The molecule has 2 aromatic rings. The van der Waals surface area contributed by atoms with Crippen LogP contribution in [-0.4, -0.2) is 33.4 Å². The second kappa shape index (κ2) is 7.98. The lowest BCUT2D eigenvalue weighted by atomic mass is 10.1. The van der Waals surface area contributed by atoms with Gasteiger partial charge in [-0.25, -0.2) is 17.5 Å². The highest BCUT2D eigenvalue weighted by Crippen LogP contribution is 2.25. The third kappa shape index (κ3) is 4.47. The second-order valence-electron chi connectivity index (χ2n) is 4.94. The summed E-state index contributed by atoms with van der Waals surface area (Å²) in [6.45, 7) is -0.236. The second-order valence-corrected chi connectivity index (χ2v) is 7.55. The summed E-state index contributed by atoms with van der Waals surface area (Å²) in [5, 5.41) is 10.1. The van der Waals surface area contributed by atoms with Crippen molar-refractivity contribution in [1.82, 2.24) is 4.72 Å². The van der Waals surface area contributed by atoms with Gasteiger partial charge in [0.1, 0.15) is 16.5 Å². The molecule has 0 saturated heterocycles. The zero-order valence-corrected chi connectivity index (χ0v) is 14.8. The number of ether oxygens (including phenoxy) is 1. The van der Waals surface area contributed by atoms with Gasteiger partial charge in [0.05, 0.1) is 13.2 Å². The van der Waals surface area contributed by atoms with Crippen LogP contribution in [0.3, 0.4) is 0 Å². The smallest absolute Gasteiger partial charge is 0.244 e. The maximum absolute atomic E-state index is 13.3. The van der Waals surface area contributed by atoms with E-state index in [1.165, 1.54) is 13.2 Å². The predicted molar refractivity (Wildman–Crippen MR) is 91.3 cm³/mol. The summed E-state index contributed by atoms with van der Waals surface area (Å²) in [5.74, 6) is -0.660. The molecule has 130 valence electrons. The summed E-state index contributed by atoms with van der Waals surface area (Å²) in [7, 11) is -2.72. The minimum absolute atomic E-state index is 0.0303. The number of aliphatic hydroxyl groups excluding tert-OH is 1. The first-order valence-electron chi connectivity index (χ1n) is 7.02. The zero-order chi connectivity index (χ0) is 17.7. The molecule has 0 unspecified atom stereocenters. The fourth-order valence-corrected chi connectivity index (χ4v) is 3.70. The monoisotopic (exact) mass is 371 g/mol. The molecule has 8 heteroatoms. The third-order valence-corrected chi connectivity index (χ3v) is 5.57. The van der Waals surface area contributed by atoms with E-state index in [0.717, 1.165) is 17.0 Å². The first kappa shape index (κ1) is 18.7. The van der Waals surface area contributed by atoms with Gasteiger partial charge in [0.25, 0.3) is 0 Å². The number of methoxy groups -OCH3 is 1. The number of aliphatic hydroxyl groups is 1. The Labute approximate surface area is 144 Å². The first-order chi connectivity index (χ1) is 11.4. The van der Waals surface area contributed by atoms with E-state index in [-0.39, 0.29) is 17.2 Å². The van der Waals surface area contributed by atoms with Crippen LogP contribution in [0.1, 0.15) is 11.7 Å². The lowest BCUT2D eigenvalue weighted by molar-refractivity contribution is 0.182. The van der Waals surface area contributed by atoms with Crippen molar-refractivity contribution in [2.24, 2.45) is 0 Å². The minimum Gasteiger partial charge on any atom is -0.495 e. The maximum atomic E-state index is 13.3. The summed E-state index contributed by atoms with van der Waals surface area (Å²) in [4.78, 5) is 0.728. The number of thioether (sulfide) groups is 1. The van der Waals surface area contributed by atoms with Crippen LogP contribution in [-0.2, 0) is 10.0 Å². The average Bonchev–Trinajstić information content (AvgIpc) is 2.59. The number of benzene rings is 2. The van der Waals surface area contributed by atoms with Crippen LogP contribution in [0.15, 0.2) is 52.3 Å². The van der Waals surface area contributed by atoms with Crippen LogP contribution in [0.2, 0.25) is 0 Å². The highest BCUT2D eigenvalue weighted by molar-refractivity contribution is 7.98. The van der Waals surface area contributed by atoms with Gasteiger partial charge in [0.15, 0.2) is 0 Å². The molecule has 2 aromatic carbocycles. The first-order valence-corrected chi connectivity index (χ1v) is 9.73. The summed E-state index contributed by atoms with van der Waals surface area (Å²) >= 11 is 1.57. The Morgan fingerprint density at radius 2 is 1.92 bits per heavy atom. The number of sulfonamides is 1. The number of halogens is 1. The van der Waals surface area contributed by atoms with Gasteiger partial charge in [-0.1, -0.05) is 12.1 Å². The van der Waals surface area contributed by atoms with E-state index in [4.69, 9.17) is 4.74 Å². The fraction of sp³-hybridized carbons (Fsp3) is 0.250. The van der Waals surface area contributed by atoms with Gasteiger partial charge in [0.2, 0.25) is 10.0 Å². The molecule has 0 radical (unpaired) electrons. The highest BCUT2D eigenvalue weighted by Gasteiger charge is 2.21. The minimum atomic E-state index is -4.02. The van der Waals surface area contributed by atoms with Gasteiger partial charge >= 0.3 is 0 Å². The van der Waals surface area contributed by atoms with Gasteiger partial charge in [-0.2, -0.15) is 0 Å². The zero-order valence-electron chi connectivity index (χ0n) is 13.2. The van der Waals surface area contributed by atoms with E-state index in [1.807, 2.05) is 18.4 Å². The largest absolute Gasteiger partial charge is 0.495 e. The van der Waals surface area contributed by atoms with Crippen molar-refractivity contribution in [1.29, 1.82) is 0 Å². The molecule has 0 aliphatic rings. The highest BCUT2D eigenvalue weighted by atomic mass is 32.2. The molecule has 5 nitrogen and oxygen atoms in total. The van der Waals surface area contributed by atoms with Crippen LogP contribution in [0.25, 0.3) is 0 Å². The Bertz CT molecular complexity index is 794. The van der Waals surface area contributed by atoms with Crippen molar-refractivity contribution in [2.75, 3.05) is 19.9 Å². The van der Waals surface area contributed by atoms with Crippen molar-refractivity contribution in [3.8, 4) is 5.75 Å². The van der Waals surface area contributed by atoms with Crippen LogP contribution >= 0.6 is 11.8 Å². The molecule has 0 fully saturated rings. The van der Waals surface area contributed by atoms with Crippen LogP contribution < -0.4 is 9.46 Å². The van der Waals surface area contributed by atoms with E-state index in [2.05, 4.69) is 4.72 Å². The molecular formula is C16H18FNO4S2. The molecule has 0 aliphatic heterocycles. The molecule has 24 heavy (non-hydrogen) atoms. The van der Waals surface area contributed by atoms with Crippen molar-refractivity contribution in [3.05, 3.63) is 53.8 Å². The maximum Gasteiger partial charge on any atom is 0.244 e.